The van der Waals surface area contributed by atoms with E-state index in [2.05, 4.69) is 48.5 Å². The summed E-state index contributed by atoms with van der Waals surface area (Å²) in [5, 5.41) is 3.24. The van der Waals surface area contributed by atoms with Gasteiger partial charge in [0.2, 0.25) is 0 Å². The lowest BCUT2D eigenvalue weighted by molar-refractivity contribution is 0.669. The van der Waals surface area contributed by atoms with Gasteiger partial charge in [0.25, 0.3) is 0 Å². The summed E-state index contributed by atoms with van der Waals surface area (Å²) >= 11 is 0. The fourth-order valence-corrected chi connectivity index (χ4v) is 7.56. The van der Waals surface area contributed by atoms with Crippen LogP contribution >= 0.6 is 0 Å². The van der Waals surface area contributed by atoms with E-state index >= 15 is 0 Å². The van der Waals surface area contributed by atoms with Gasteiger partial charge in [-0.2, -0.15) is 0 Å². The molecule has 51 heavy (non-hydrogen) atoms. The predicted molar refractivity (Wildman–Crippen MR) is 216 cm³/mol. The first-order valence-corrected chi connectivity index (χ1v) is 16.8. The predicted octanol–water partition coefficient (Wildman–Crippen LogP) is 14.2. The van der Waals surface area contributed by atoms with Crippen LogP contribution in [0.4, 0.5) is 0 Å². The van der Waals surface area contributed by atoms with Crippen LogP contribution in [0.15, 0.2) is 198 Å². The second-order valence-electron chi connectivity index (χ2n) is 12.5. The Labute approximate surface area is 309 Å². The van der Waals surface area contributed by atoms with Crippen LogP contribution in [0.2, 0.25) is 0 Å². The summed E-state index contributed by atoms with van der Waals surface area (Å²) in [5.41, 5.74) is 8.20. The van der Waals surface area contributed by atoms with Crippen molar-refractivity contribution in [2.45, 2.75) is 0 Å². The Kier molecular flexibility index (Phi) is 5.04. The molecule has 0 radical (unpaired) electrons. The molecule has 0 bridgehead atoms. The highest BCUT2D eigenvalue weighted by Gasteiger charge is 2.23. The Hall–Kier alpha value is -6.70. The van der Waals surface area contributed by atoms with Crippen LogP contribution in [-0.2, 0) is 0 Å². The minimum atomic E-state index is -0.554. The van der Waals surface area contributed by atoms with Gasteiger partial charge in [0.15, 0.2) is 0 Å². The van der Waals surface area contributed by atoms with Crippen molar-refractivity contribution in [3.8, 4) is 55.6 Å². The van der Waals surface area contributed by atoms with E-state index in [0.717, 1.165) is 55.3 Å². The molecule has 10 aromatic rings. The zero-order valence-electron chi connectivity index (χ0n) is 36.2. The number of para-hydroxylation sites is 1. The molecule has 0 unspecified atom stereocenters. The average molecular weight is 658 g/mol. The number of hydrogen-bond donors (Lipinski definition) is 0. The van der Waals surface area contributed by atoms with Crippen molar-refractivity contribution < 1.29 is 16.8 Å². The molecule has 0 saturated carbocycles. The van der Waals surface area contributed by atoms with Gasteiger partial charge in [-0.15, -0.1) is 0 Å². The minimum Gasteiger partial charge on any atom is -0.456 e. The molecule has 1 aromatic heterocycles. The van der Waals surface area contributed by atoms with Crippen LogP contribution in [0.25, 0.3) is 99.1 Å². The first-order valence-electron chi connectivity index (χ1n) is 21.3. The smallest absolute Gasteiger partial charge is 0.136 e. The molecule has 0 aliphatic carbocycles. The fourth-order valence-electron chi connectivity index (χ4n) is 7.56. The fraction of sp³-hybridized carbons (Fsp3) is 0. The molecule has 0 aliphatic rings. The minimum absolute atomic E-state index is 0.0643. The van der Waals surface area contributed by atoms with Crippen LogP contribution < -0.4 is 0 Å². The molecule has 0 aliphatic heterocycles. The summed E-state index contributed by atoms with van der Waals surface area (Å²) in [5.74, 6) is 0. The van der Waals surface area contributed by atoms with Gasteiger partial charge in [-0.3, -0.25) is 0 Å². The molecule has 1 heteroatoms. The van der Waals surface area contributed by atoms with E-state index in [1.54, 1.807) is 12.1 Å². The number of furan rings is 1. The highest BCUT2D eigenvalue weighted by Crippen LogP contribution is 2.50. The second-order valence-corrected chi connectivity index (χ2v) is 12.5. The van der Waals surface area contributed by atoms with Crippen LogP contribution in [0, 0.1) is 0 Å². The van der Waals surface area contributed by atoms with Crippen LogP contribution in [0.5, 0.6) is 0 Å². The molecule has 0 saturated heterocycles. The van der Waals surface area contributed by atoms with E-state index < -0.39 is 42.3 Å². The second kappa shape index (κ2) is 12.0. The lowest BCUT2D eigenvalue weighted by Gasteiger charge is -2.22. The van der Waals surface area contributed by atoms with Crippen molar-refractivity contribution in [3.63, 3.8) is 0 Å². The van der Waals surface area contributed by atoms with Crippen molar-refractivity contribution in [1.29, 1.82) is 0 Å². The number of hydrogen-bond acceptors (Lipinski definition) is 1. The van der Waals surface area contributed by atoms with Gasteiger partial charge in [-0.25, -0.2) is 0 Å². The van der Waals surface area contributed by atoms with E-state index in [9.17, 15) is 2.74 Å². The van der Waals surface area contributed by atoms with Crippen molar-refractivity contribution in [2.75, 3.05) is 0 Å². The molecular weight excluding hydrogens is 617 g/mol. The van der Waals surface area contributed by atoms with Gasteiger partial charge in [0, 0.05) is 10.8 Å². The summed E-state index contributed by atoms with van der Waals surface area (Å²) in [6.45, 7) is 0. The molecule has 1 heterocycles. The van der Waals surface area contributed by atoms with E-state index in [1.807, 2.05) is 78.9 Å². The standard InChI is InChI=1S/C50H32O/c1-4-17-33(18-5-1)43-31-36(48-39-25-12-10-23-37(39)47(35-21-8-3-9-22-35)38-24-11-13-26-40(38)48)32-44(34-19-6-2-7-20-34)49(43)42-28-16-30-46-50(42)41-27-14-15-29-45(41)51-46/h1-32H/i3D,8D,9D,10D,12D,21D,22D,23D,25D. The molecule has 238 valence electrons. The SMILES string of the molecule is [2H]c1c([2H])c([2H])c(-c2c3ccccc3c(-c3cc(-c4ccccc4)c(-c4cccc5oc6ccccc6c45)c(-c4ccccc4)c3)c3c([2H])c([2H])c([2H])c([2H])c23)c([2H])c1[2H]. The van der Waals surface area contributed by atoms with Gasteiger partial charge in [0.1, 0.15) is 11.2 Å². The molecule has 0 spiro atoms. The third-order valence-corrected chi connectivity index (χ3v) is 9.67. The molecule has 0 N–H and O–H groups in total. The maximum Gasteiger partial charge on any atom is 0.136 e. The first-order chi connectivity index (χ1) is 29.1. The van der Waals surface area contributed by atoms with Crippen molar-refractivity contribution in [1.82, 2.24) is 0 Å². The molecule has 0 fully saturated rings. The summed E-state index contributed by atoms with van der Waals surface area (Å²) in [6.07, 6.45) is 0. The molecule has 9 aromatic carbocycles. The third-order valence-electron chi connectivity index (χ3n) is 9.67. The highest BCUT2D eigenvalue weighted by molar-refractivity contribution is 6.22. The Morgan fingerprint density at radius 3 is 1.47 bits per heavy atom. The molecule has 0 atom stereocenters. The molecule has 0 amide bonds. The Bertz CT molecular complexity index is 3320. The number of rotatable bonds is 5. The van der Waals surface area contributed by atoms with Crippen molar-refractivity contribution >= 4 is 43.5 Å². The lowest BCUT2D eigenvalue weighted by atomic mass is 9.81. The normalized spacial score (nSPS) is 14.0. The Morgan fingerprint density at radius 2 is 0.843 bits per heavy atom. The van der Waals surface area contributed by atoms with Gasteiger partial charge >= 0.3 is 0 Å². The van der Waals surface area contributed by atoms with E-state index in [0.29, 0.717) is 21.9 Å². The van der Waals surface area contributed by atoms with Gasteiger partial charge < -0.3 is 4.42 Å². The maximum atomic E-state index is 9.54. The summed E-state index contributed by atoms with van der Waals surface area (Å²) < 4.78 is 86.7. The zero-order valence-corrected chi connectivity index (χ0v) is 27.2. The summed E-state index contributed by atoms with van der Waals surface area (Å²) in [6, 6.07) is 41.4. The summed E-state index contributed by atoms with van der Waals surface area (Å²) in [7, 11) is 0. The Morgan fingerprint density at radius 1 is 0.333 bits per heavy atom. The highest BCUT2D eigenvalue weighted by atomic mass is 16.3. The van der Waals surface area contributed by atoms with E-state index in [1.165, 1.54) is 0 Å². The third kappa shape index (κ3) is 4.78. The number of fused-ring (bicyclic) bond motifs is 5. The quantitative estimate of drug-likeness (QED) is 0.168. The first kappa shape index (κ1) is 21.4. The van der Waals surface area contributed by atoms with Crippen molar-refractivity contribution in [2.24, 2.45) is 0 Å². The van der Waals surface area contributed by atoms with E-state index in [4.69, 9.17) is 14.0 Å². The summed E-state index contributed by atoms with van der Waals surface area (Å²) in [4.78, 5) is 0. The van der Waals surface area contributed by atoms with Gasteiger partial charge in [-0.1, -0.05) is 170 Å². The largest absolute Gasteiger partial charge is 0.456 e. The van der Waals surface area contributed by atoms with E-state index in [-0.39, 0.29) is 34.0 Å². The number of benzene rings is 9. The molecule has 10 rings (SSSR count). The van der Waals surface area contributed by atoms with Crippen LogP contribution in [-0.4, -0.2) is 0 Å². The topological polar surface area (TPSA) is 13.1 Å². The van der Waals surface area contributed by atoms with Crippen LogP contribution in [0.1, 0.15) is 12.3 Å². The van der Waals surface area contributed by atoms with Gasteiger partial charge in [0.05, 0.1) is 12.3 Å². The maximum absolute atomic E-state index is 9.54. The molecule has 1 nitrogen and oxygen atoms in total. The van der Waals surface area contributed by atoms with Crippen molar-refractivity contribution in [3.05, 3.63) is 194 Å². The monoisotopic (exact) mass is 657 g/mol. The zero-order chi connectivity index (χ0) is 41.6. The lowest BCUT2D eigenvalue weighted by Crippen LogP contribution is -1.95. The molecular formula is C50H32O. The average Bonchev–Trinajstić information content (AvgIpc) is 3.68. The van der Waals surface area contributed by atoms with Gasteiger partial charge in [-0.05, 0) is 101 Å². The van der Waals surface area contributed by atoms with Crippen LogP contribution in [0.3, 0.4) is 0 Å². The Balaban J connectivity index is 1.43.